The Bertz CT molecular complexity index is 3530. The minimum Gasteiger partial charge on any atom is -0.309 e. The van der Waals surface area contributed by atoms with Crippen molar-refractivity contribution >= 4 is 21.8 Å². The second kappa shape index (κ2) is 15.1. The fourth-order valence-corrected chi connectivity index (χ4v) is 10.6. The van der Waals surface area contributed by atoms with Gasteiger partial charge in [-0.2, -0.15) is 0 Å². The van der Waals surface area contributed by atoms with Crippen LogP contribution in [0.15, 0.2) is 237 Å². The lowest BCUT2D eigenvalue weighted by Gasteiger charge is -2.24. The topological polar surface area (TPSA) is 4.93 Å². The molecule has 0 N–H and O–H groups in total. The summed E-state index contributed by atoms with van der Waals surface area (Å²) in [5.41, 5.74) is 23.2. The molecule has 0 aliphatic heterocycles. The molecule has 0 amide bonds. The lowest BCUT2D eigenvalue weighted by Crippen LogP contribution is -2.14. The maximum Gasteiger partial charge on any atom is 0.0632 e. The molecule has 0 fully saturated rings. The number of fused-ring (bicyclic) bond motifs is 6. The minimum absolute atomic E-state index is 0.102. The Labute approximate surface area is 375 Å². The van der Waals surface area contributed by atoms with Crippen molar-refractivity contribution in [3.63, 3.8) is 0 Å². The molecule has 0 saturated carbocycles. The van der Waals surface area contributed by atoms with Crippen molar-refractivity contribution < 1.29 is 0 Å². The fourth-order valence-electron chi connectivity index (χ4n) is 10.6. The Morgan fingerprint density at radius 3 is 1.39 bits per heavy atom. The number of aromatic nitrogens is 1. The third kappa shape index (κ3) is 6.00. The zero-order valence-corrected chi connectivity index (χ0v) is 36.0. The van der Waals surface area contributed by atoms with Crippen LogP contribution in [-0.2, 0) is 5.41 Å². The Kier molecular flexibility index (Phi) is 8.91. The van der Waals surface area contributed by atoms with E-state index in [2.05, 4.69) is 255 Å². The molecule has 11 aromatic rings. The van der Waals surface area contributed by atoms with E-state index >= 15 is 0 Å². The third-order valence-electron chi connectivity index (χ3n) is 13.6. The second-order valence-corrected chi connectivity index (χ2v) is 17.6. The van der Waals surface area contributed by atoms with E-state index in [9.17, 15) is 0 Å². The average Bonchev–Trinajstić information content (AvgIpc) is 3.82. The van der Waals surface area contributed by atoms with Gasteiger partial charge in [-0.25, -0.2) is 0 Å². The summed E-state index contributed by atoms with van der Waals surface area (Å²) in [5.74, 6) is 0. The van der Waals surface area contributed by atoms with Crippen LogP contribution in [0.25, 0.3) is 105 Å². The zero-order chi connectivity index (χ0) is 42.8. The summed E-state index contributed by atoms with van der Waals surface area (Å²) in [4.78, 5) is 0. The molecule has 1 heterocycles. The van der Waals surface area contributed by atoms with Crippen molar-refractivity contribution in [2.75, 3.05) is 0 Å². The number of benzene rings is 10. The van der Waals surface area contributed by atoms with Crippen LogP contribution in [0.3, 0.4) is 0 Å². The monoisotopic (exact) mass is 815 g/mol. The van der Waals surface area contributed by atoms with E-state index in [1.807, 2.05) is 0 Å². The molecule has 1 aliphatic carbocycles. The van der Waals surface area contributed by atoms with Gasteiger partial charge in [0, 0.05) is 38.6 Å². The molecule has 1 heteroatoms. The van der Waals surface area contributed by atoms with Gasteiger partial charge in [0.2, 0.25) is 0 Å². The van der Waals surface area contributed by atoms with Gasteiger partial charge >= 0.3 is 0 Å². The zero-order valence-electron chi connectivity index (χ0n) is 36.0. The summed E-state index contributed by atoms with van der Waals surface area (Å²) >= 11 is 0. The molecule has 0 spiro atoms. The van der Waals surface area contributed by atoms with Crippen LogP contribution in [0.4, 0.5) is 0 Å². The summed E-state index contributed by atoms with van der Waals surface area (Å²) in [7, 11) is 0. The van der Waals surface area contributed by atoms with E-state index < -0.39 is 0 Å². The van der Waals surface area contributed by atoms with Gasteiger partial charge in [-0.05, 0) is 103 Å². The van der Waals surface area contributed by atoms with Gasteiger partial charge in [-0.1, -0.05) is 220 Å². The third-order valence-corrected chi connectivity index (χ3v) is 13.6. The molecule has 0 atom stereocenters. The van der Waals surface area contributed by atoms with Crippen LogP contribution in [0.5, 0.6) is 0 Å². The second-order valence-electron chi connectivity index (χ2n) is 17.6. The van der Waals surface area contributed by atoms with Crippen molar-refractivity contribution in [1.29, 1.82) is 0 Å². The first kappa shape index (κ1) is 37.7. The van der Waals surface area contributed by atoms with E-state index in [-0.39, 0.29) is 5.41 Å². The van der Waals surface area contributed by atoms with Gasteiger partial charge in [0.05, 0.1) is 11.0 Å². The minimum atomic E-state index is -0.102. The van der Waals surface area contributed by atoms with Crippen LogP contribution in [0.2, 0.25) is 0 Å². The molecule has 0 saturated heterocycles. The van der Waals surface area contributed by atoms with Gasteiger partial charge in [-0.3, -0.25) is 0 Å². The van der Waals surface area contributed by atoms with Crippen LogP contribution in [0.1, 0.15) is 25.0 Å². The summed E-state index contributed by atoms with van der Waals surface area (Å²) in [6, 6.07) is 87.3. The quantitative estimate of drug-likeness (QED) is 0.151. The van der Waals surface area contributed by atoms with Crippen LogP contribution in [-0.4, -0.2) is 4.57 Å². The van der Waals surface area contributed by atoms with Crippen LogP contribution in [0, 0.1) is 0 Å². The molecule has 0 unspecified atom stereocenters. The Hall–Kier alpha value is -8.00. The highest BCUT2D eigenvalue weighted by atomic mass is 15.0. The fraction of sp³-hybridized carbons (Fsp3) is 0.0476. The molecule has 302 valence electrons. The average molecular weight is 816 g/mol. The standard InChI is InChI=1S/C63H45N/c1-63(2)54-34-19-18-33-51(54)52-37-35-49(41-55(52)63)48-36-38-56-53(40-48)61-59(45-27-14-6-15-28-45)57(43-23-10-4-11-24-43)58(44-25-12-5-13-26-44)60(46-29-16-7-17-30-46)62(61)64(56)50-32-20-31-47(39-50)42-21-8-3-9-22-42/h3-41H,1-2H3. The van der Waals surface area contributed by atoms with Crippen LogP contribution >= 0.6 is 0 Å². The molecule has 1 nitrogen and oxygen atoms in total. The lowest BCUT2D eigenvalue weighted by atomic mass is 9.80. The van der Waals surface area contributed by atoms with Crippen LogP contribution < -0.4 is 0 Å². The Balaban J connectivity index is 1.27. The summed E-state index contributed by atoms with van der Waals surface area (Å²) in [6.07, 6.45) is 0. The Morgan fingerprint density at radius 1 is 0.312 bits per heavy atom. The smallest absolute Gasteiger partial charge is 0.0632 e. The molecule has 1 aliphatic rings. The van der Waals surface area contributed by atoms with E-state index in [4.69, 9.17) is 0 Å². The first-order valence-electron chi connectivity index (χ1n) is 22.3. The molecule has 0 bridgehead atoms. The van der Waals surface area contributed by atoms with E-state index in [1.165, 1.54) is 105 Å². The Morgan fingerprint density at radius 2 is 0.766 bits per heavy atom. The van der Waals surface area contributed by atoms with Crippen molar-refractivity contribution in [2.45, 2.75) is 19.3 Å². The van der Waals surface area contributed by atoms with Gasteiger partial charge in [0.15, 0.2) is 0 Å². The van der Waals surface area contributed by atoms with Gasteiger partial charge in [-0.15, -0.1) is 0 Å². The first-order valence-corrected chi connectivity index (χ1v) is 22.3. The number of nitrogens with zero attached hydrogens (tertiary/aromatic N) is 1. The number of hydrogen-bond donors (Lipinski definition) is 0. The van der Waals surface area contributed by atoms with Crippen molar-refractivity contribution in [3.8, 4) is 83.6 Å². The van der Waals surface area contributed by atoms with Crippen molar-refractivity contribution in [1.82, 2.24) is 4.57 Å². The summed E-state index contributed by atoms with van der Waals surface area (Å²) in [5, 5.41) is 2.45. The summed E-state index contributed by atoms with van der Waals surface area (Å²) < 4.78 is 2.55. The molecule has 64 heavy (non-hydrogen) atoms. The SMILES string of the molecule is CC1(C)c2ccccc2-c2ccc(-c3ccc4c(c3)c3c(-c5ccccc5)c(-c5ccccc5)c(-c5ccccc5)c(-c5ccccc5)c3n4-c3cccc(-c4ccccc4)c3)cc21. The molecule has 0 radical (unpaired) electrons. The highest BCUT2D eigenvalue weighted by molar-refractivity contribution is 6.27. The molecular formula is C63H45N. The van der Waals surface area contributed by atoms with E-state index in [0.717, 1.165) is 11.2 Å². The predicted octanol–water partition coefficient (Wildman–Crippen LogP) is 17.1. The molecular weight excluding hydrogens is 771 g/mol. The molecule has 10 aromatic carbocycles. The normalized spacial score (nSPS) is 12.7. The largest absolute Gasteiger partial charge is 0.309 e. The lowest BCUT2D eigenvalue weighted by molar-refractivity contribution is 0.660. The molecule has 12 rings (SSSR count). The van der Waals surface area contributed by atoms with Gasteiger partial charge in [0.1, 0.15) is 0 Å². The predicted molar refractivity (Wildman–Crippen MR) is 271 cm³/mol. The molecule has 1 aromatic heterocycles. The van der Waals surface area contributed by atoms with Gasteiger partial charge in [0.25, 0.3) is 0 Å². The van der Waals surface area contributed by atoms with Gasteiger partial charge < -0.3 is 4.57 Å². The first-order chi connectivity index (χ1) is 31.5. The highest BCUT2D eigenvalue weighted by Gasteiger charge is 2.35. The summed E-state index contributed by atoms with van der Waals surface area (Å²) in [6.45, 7) is 4.74. The maximum atomic E-state index is 2.55. The highest BCUT2D eigenvalue weighted by Crippen LogP contribution is 2.55. The van der Waals surface area contributed by atoms with Crippen molar-refractivity contribution in [3.05, 3.63) is 248 Å². The van der Waals surface area contributed by atoms with E-state index in [0.29, 0.717) is 0 Å². The van der Waals surface area contributed by atoms with Crippen molar-refractivity contribution in [2.24, 2.45) is 0 Å². The maximum absolute atomic E-state index is 2.55. The van der Waals surface area contributed by atoms with E-state index in [1.54, 1.807) is 0 Å². The number of rotatable bonds is 7. The number of hydrogen-bond acceptors (Lipinski definition) is 0.